The summed E-state index contributed by atoms with van der Waals surface area (Å²) in [5, 5.41) is 0.503. The smallest absolute Gasteiger partial charge is 0.236 e. The first kappa shape index (κ1) is 17.8. The minimum Gasteiger partial charge on any atom is -0.312 e. The molecule has 1 aliphatic rings. The van der Waals surface area contributed by atoms with E-state index in [-0.39, 0.29) is 11.7 Å². The predicted octanol–water partition coefficient (Wildman–Crippen LogP) is 3.80. The van der Waals surface area contributed by atoms with Gasteiger partial charge in [-0.05, 0) is 54.8 Å². The van der Waals surface area contributed by atoms with Crippen molar-refractivity contribution in [1.82, 2.24) is 0 Å². The van der Waals surface area contributed by atoms with Gasteiger partial charge in [0.1, 0.15) is 0 Å². The molecule has 2 aromatic rings. The van der Waals surface area contributed by atoms with Gasteiger partial charge in [-0.1, -0.05) is 23.7 Å². The summed E-state index contributed by atoms with van der Waals surface area (Å²) < 4.78 is 27.2. The monoisotopic (exact) mass is 378 g/mol. The molecular weight excluding hydrogens is 360 g/mol. The standard InChI is InChI=1S/C18H19ClN2O3S/c19-15-5-3-4-14(12-15)13-25(23,24)20-16-7-9-17(10-8-16)21-11-2-1-6-18(21)22/h3-5,7-10,12,20H,1-2,6,11,13H2. The van der Waals surface area contributed by atoms with Gasteiger partial charge in [-0.25, -0.2) is 8.42 Å². The number of carbonyl (C=O) groups is 1. The zero-order valence-electron chi connectivity index (χ0n) is 13.6. The fourth-order valence-corrected chi connectivity index (χ4v) is 4.25. The third-order valence-electron chi connectivity index (χ3n) is 4.02. The van der Waals surface area contributed by atoms with Crippen molar-refractivity contribution in [3.8, 4) is 0 Å². The van der Waals surface area contributed by atoms with Gasteiger partial charge < -0.3 is 4.90 Å². The molecule has 0 aliphatic carbocycles. The van der Waals surface area contributed by atoms with Gasteiger partial charge in [0, 0.05) is 29.4 Å². The number of rotatable bonds is 5. The molecule has 7 heteroatoms. The lowest BCUT2D eigenvalue weighted by Crippen LogP contribution is -2.35. The van der Waals surface area contributed by atoms with E-state index in [0.29, 0.717) is 29.2 Å². The van der Waals surface area contributed by atoms with Crippen LogP contribution in [-0.2, 0) is 20.6 Å². The quantitative estimate of drug-likeness (QED) is 0.860. The molecule has 1 amide bonds. The van der Waals surface area contributed by atoms with Gasteiger partial charge in [-0.2, -0.15) is 0 Å². The van der Waals surface area contributed by atoms with Gasteiger partial charge in [0.2, 0.25) is 15.9 Å². The molecule has 0 radical (unpaired) electrons. The van der Waals surface area contributed by atoms with E-state index in [0.717, 1.165) is 18.5 Å². The van der Waals surface area contributed by atoms with Gasteiger partial charge in [-0.3, -0.25) is 9.52 Å². The van der Waals surface area contributed by atoms with E-state index in [1.807, 2.05) is 0 Å². The molecule has 1 fully saturated rings. The first-order chi connectivity index (χ1) is 11.9. The number of carbonyl (C=O) groups excluding carboxylic acids is 1. The summed E-state index contributed by atoms with van der Waals surface area (Å²) >= 11 is 5.89. The summed E-state index contributed by atoms with van der Waals surface area (Å²) in [7, 11) is -3.54. The Hall–Kier alpha value is -2.05. The first-order valence-electron chi connectivity index (χ1n) is 8.08. The second-order valence-electron chi connectivity index (χ2n) is 6.04. The summed E-state index contributed by atoms with van der Waals surface area (Å²) in [6.07, 6.45) is 2.48. The van der Waals surface area contributed by atoms with Crippen LogP contribution in [0.4, 0.5) is 11.4 Å². The van der Waals surface area contributed by atoms with Crippen LogP contribution in [0.25, 0.3) is 0 Å². The second-order valence-corrected chi connectivity index (χ2v) is 8.20. The number of hydrogen-bond donors (Lipinski definition) is 1. The fraction of sp³-hybridized carbons (Fsp3) is 0.278. The molecule has 0 atom stereocenters. The van der Waals surface area contributed by atoms with Gasteiger partial charge >= 0.3 is 0 Å². The number of anilines is 2. The highest BCUT2D eigenvalue weighted by atomic mass is 35.5. The Morgan fingerprint density at radius 3 is 2.52 bits per heavy atom. The van der Waals surface area contributed by atoms with E-state index >= 15 is 0 Å². The molecule has 0 bridgehead atoms. The predicted molar refractivity (Wildman–Crippen MR) is 100 cm³/mol. The number of amides is 1. The Morgan fingerprint density at radius 1 is 1.08 bits per heavy atom. The molecule has 132 valence electrons. The molecule has 2 aromatic carbocycles. The molecule has 0 saturated carbocycles. The Balaban J connectivity index is 1.69. The van der Waals surface area contributed by atoms with Crippen molar-refractivity contribution >= 4 is 38.9 Å². The molecule has 5 nitrogen and oxygen atoms in total. The van der Waals surface area contributed by atoms with Crippen molar-refractivity contribution in [2.45, 2.75) is 25.0 Å². The van der Waals surface area contributed by atoms with Crippen molar-refractivity contribution in [2.75, 3.05) is 16.2 Å². The number of nitrogens with zero attached hydrogens (tertiary/aromatic N) is 1. The van der Waals surface area contributed by atoms with E-state index in [4.69, 9.17) is 11.6 Å². The molecule has 1 N–H and O–H groups in total. The third kappa shape index (κ3) is 4.74. The number of piperidine rings is 1. The Kier molecular flexibility index (Phi) is 5.30. The van der Waals surface area contributed by atoms with Crippen LogP contribution in [0.5, 0.6) is 0 Å². The molecule has 1 aliphatic heterocycles. The molecule has 0 spiro atoms. The van der Waals surface area contributed by atoms with Crippen LogP contribution in [0.1, 0.15) is 24.8 Å². The van der Waals surface area contributed by atoms with Gasteiger partial charge in [0.25, 0.3) is 0 Å². The summed E-state index contributed by atoms with van der Waals surface area (Å²) in [5.41, 5.74) is 1.88. The number of hydrogen-bond acceptors (Lipinski definition) is 3. The number of sulfonamides is 1. The van der Waals surface area contributed by atoms with Gasteiger partial charge in [0.15, 0.2) is 0 Å². The van der Waals surface area contributed by atoms with Crippen LogP contribution >= 0.6 is 11.6 Å². The summed E-state index contributed by atoms with van der Waals surface area (Å²) in [6, 6.07) is 13.6. The summed E-state index contributed by atoms with van der Waals surface area (Å²) in [4.78, 5) is 13.7. The van der Waals surface area contributed by atoms with Crippen LogP contribution in [0.15, 0.2) is 48.5 Å². The highest BCUT2D eigenvalue weighted by Gasteiger charge is 2.19. The lowest BCUT2D eigenvalue weighted by molar-refractivity contribution is -0.119. The van der Waals surface area contributed by atoms with E-state index in [1.54, 1.807) is 53.4 Å². The molecule has 3 rings (SSSR count). The SMILES string of the molecule is O=C1CCCCN1c1ccc(NS(=O)(=O)Cc2cccc(Cl)c2)cc1. The molecule has 25 heavy (non-hydrogen) atoms. The average molecular weight is 379 g/mol. The van der Waals surface area contributed by atoms with Crippen LogP contribution in [-0.4, -0.2) is 20.9 Å². The van der Waals surface area contributed by atoms with E-state index in [9.17, 15) is 13.2 Å². The fourth-order valence-electron chi connectivity index (χ4n) is 2.85. The van der Waals surface area contributed by atoms with Crippen LogP contribution in [0.2, 0.25) is 5.02 Å². The van der Waals surface area contributed by atoms with E-state index < -0.39 is 10.0 Å². The van der Waals surface area contributed by atoms with E-state index in [2.05, 4.69) is 4.72 Å². The normalized spacial score (nSPS) is 15.2. The lowest BCUT2D eigenvalue weighted by Gasteiger charge is -2.26. The molecule has 0 aromatic heterocycles. The maximum absolute atomic E-state index is 12.3. The van der Waals surface area contributed by atoms with Crippen molar-refractivity contribution in [3.05, 3.63) is 59.1 Å². The van der Waals surface area contributed by atoms with Crippen molar-refractivity contribution < 1.29 is 13.2 Å². The Bertz CT molecular complexity index is 866. The minimum atomic E-state index is -3.54. The van der Waals surface area contributed by atoms with Crippen molar-refractivity contribution in [3.63, 3.8) is 0 Å². The Morgan fingerprint density at radius 2 is 1.84 bits per heavy atom. The van der Waals surface area contributed by atoms with Gasteiger partial charge in [0.05, 0.1) is 5.75 Å². The number of benzene rings is 2. The summed E-state index contributed by atoms with van der Waals surface area (Å²) in [6.45, 7) is 0.707. The number of halogens is 1. The van der Waals surface area contributed by atoms with Crippen LogP contribution in [0.3, 0.4) is 0 Å². The third-order valence-corrected chi connectivity index (χ3v) is 5.52. The highest BCUT2D eigenvalue weighted by molar-refractivity contribution is 7.91. The van der Waals surface area contributed by atoms with E-state index in [1.165, 1.54) is 0 Å². The van der Waals surface area contributed by atoms with Crippen molar-refractivity contribution in [1.29, 1.82) is 0 Å². The first-order valence-corrected chi connectivity index (χ1v) is 10.1. The Labute approximate surface area is 152 Å². The maximum Gasteiger partial charge on any atom is 0.236 e. The largest absolute Gasteiger partial charge is 0.312 e. The second kappa shape index (κ2) is 7.45. The highest BCUT2D eigenvalue weighted by Crippen LogP contribution is 2.23. The molecular formula is C18H19ClN2O3S. The average Bonchev–Trinajstić information content (AvgIpc) is 2.55. The molecule has 1 saturated heterocycles. The lowest BCUT2D eigenvalue weighted by atomic mass is 10.1. The topological polar surface area (TPSA) is 66.5 Å². The summed E-state index contributed by atoms with van der Waals surface area (Å²) in [5.74, 6) is -0.0412. The zero-order chi connectivity index (χ0) is 17.9. The maximum atomic E-state index is 12.3. The molecule has 1 heterocycles. The number of nitrogens with one attached hydrogen (secondary N) is 1. The zero-order valence-corrected chi connectivity index (χ0v) is 15.2. The van der Waals surface area contributed by atoms with Crippen molar-refractivity contribution in [2.24, 2.45) is 0 Å². The van der Waals surface area contributed by atoms with Crippen LogP contribution < -0.4 is 9.62 Å². The minimum absolute atomic E-state index is 0.112. The van der Waals surface area contributed by atoms with Gasteiger partial charge in [-0.15, -0.1) is 0 Å². The van der Waals surface area contributed by atoms with Crippen LogP contribution in [0, 0.1) is 0 Å². The molecule has 0 unspecified atom stereocenters.